The predicted octanol–water partition coefficient (Wildman–Crippen LogP) is 5.94. The van der Waals surface area contributed by atoms with Crippen LogP contribution in [0.5, 0.6) is 0 Å². The maximum absolute atomic E-state index is 12.3. The van der Waals surface area contributed by atoms with Crippen molar-refractivity contribution in [3.05, 3.63) is 29.8 Å². The highest BCUT2D eigenvalue weighted by Crippen LogP contribution is 2.37. The molecule has 0 aliphatic rings. The van der Waals surface area contributed by atoms with Crippen molar-refractivity contribution in [1.82, 2.24) is 0 Å². The van der Waals surface area contributed by atoms with Gasteiger partial charge in [-0.2, -0.15) is 13.2 Å². The SMILES string of the molecule is CCCCC(CC)CC(O)c1ccc(SC(F)(F)F)cc1. The highest BCUT2D eigenvalue weighted by atomic mass is 32.2. The van der Waals surface area contributed by atoms with Gasteiger partial charge in [0, 0.05) is 4.90 Å². The lowest BCUT2D eigenvalue weighted by atomic mass is 9.91. The summed E-state index contributed by atoms with van der Waals surface area (Å²) in [6.45, 7) is 4.25. The van der Waals surface area contributed by atoms with Gasteiger partial charge < -0.3 is 5.11 Å². The minimum Gasteiger partial charge on any atom is -0.388 e. The van der Waals surface area contributed by atoms with Gasteiger partial charge >= 0.3 is 5.51 Å². The van der Waals surface area contributed by atoms with Gasteiger partial charge in [0.1, 0.15) is 0 Å². The number of alkyl halides is 3. The normalized spacial score (nSPS) is 15.0. The van der Waals surface area contributed by atoms with Crippen molar-refractivity contribution in [2.45, 2.75) is 62.5 Å². The van der Waals surface area contributed by atoms with E-state index in [1.165, 1.54) is 12.1 Å². The molecule has 1 aromatic rings. The standard InChI is InChI=1S/C16H23F3OS/c1-3-5-6-12(4-2)11-15(20)13-7-9-14(10-8-13)21-16(17,18)19/h7-10,12,15,20H,3-6,11H2,1-2H3. The molecule has 2 atom stereocenters. The van der Waals surface area contributed by atoms with E-state index in [1.807, 2.05) is 0 Å². The molecule has 0 bridgehead atoms. The van der Waals surface area contributed by atoms with Gasteiger partial charge in [-0.05, 0) is 41.8 Å². The number of benzene rings is 1. The Labute approximate surface area is 128 Å². The Bertz CT molecular complexity index is 403. The van der Waals surface area contributed by atoms with Gasteiger partial charge in [0.25, 0.3) is 0 Å². The van der Waals surface area contributed by atoms with Crippen LogP contribution in [0.25, 0.3) is 0 Å². The molecular formula is C16H23F3OS. The van der Waals surface area contributed by atoms with Gasteiger partial charge in [0.15, 0.2) is 0 Å². The van der Waals surface area contributed by atoms with Crippen LogP contribution in [0.1, 0.15) is 57.6 Å². The molecule has 0 aliphatic heterocycles. The van der Waals surface area contributed by atoms with Crippen LogP contribution in [0.2, 0.25) is 0 Å². The van der Waals surface area contributed by atoms with Crippen LogP contribution in [0.15, 0.2) is 29.2 Å². The van der Waals surface area contributed by atoms with Crippen LogP contribution in [0.4, 0.5) is 13.2 Å². The lowest BCUT2D eigenvalue weighted by molar-refractivity contribution is -0.0328. The summed E-state index contributed by atoms with van der Waals surface area (Å²) in [7, 11) is 0. The zero-order valence-corrected chi connectivity index (χ0v) is 13.3. The molecule has 0 aromatic heterocycles. The number of thioether (sulfide) groups is 1. The first kappa shape index (κ1) is 18.4. The van der Waals surface area contributed by atoms with Crippen LogP contribution < -0.4 is 0 Å². The monoisotopic (exact) mass is 320 g/mol. The fourth-order valence-corrected chi connectivity index (χ4v) is 2.86. The number of halogens is 3. The fourth-order valence-electron chi connectivity index (χ4n) is 2.32. The lowest BCUT2D eigenvalue weighted by Crippen LogP contribution is -2.07. The second kappa shape index (κ2) is 8.69. The first-order valence-electron chi connectivity index (χ1n) is 7.39. The Morgan fingerprint density at radius 1 is 1.14 bits per heavy atom. The van der Waals surface area contributed by atoms with Crippen molar-refractivity contribution in [3.63, 3.8) is 0 Å². The van der Waals surface area contributed by atoms with Crippen LogP contribution in [0.3, 0.4) is 0 Å². The maximum Gasteiger partial charge on any atom is 0.446 e. The molecule has 21 heavy (non-hydrogen) atoms. The minimum absolute atomic E-state index is 0.131. The zero-order chi connectivity index (χ0) is 15.9. The molecule has 5 heteroatoms. The Kier molecular flexibility index (Phi) is 7.60. The summed E-state index contributed by atoms with van der Waals surface area (Å²) in [5, 5.41) is 10.2. The average Bonchev–Trinajstić information content (AvgIpc) is 2.42. The lowest BCUT2D eigenvalue weighted by Gasteiger charge is -2.19. The summed E-state index contributed by atoms with van der Waals surface area (Å²) in [4.78, 5) is 0.150. The molecule has 0 amide bonds. The molecule has 0 fully saturated rings. The van der Waals surface area contributed by atoms with Crippen LogP contribution >= 0.6 is 11.8 Å². The number of hydrogen-bond donors (Lipinski definition) is 1. The van der Waals surface area contributed by atoms with Crippen molar-refractivity contribution < 1.29 is 18.3 Å². The van der Waals surface area contributed by atoms with Gasteiger partial charge in [0.05, 0.1) is 6.10 Å². The predicted molar refractivity (Wildman–Crippen MR) is 81.2 cm³/mol. The average molecular weight is 320 g/mol. The third-order valence-electron chi connectivity index (χ3n) is 3.60. The van der Waals surface area contributed by atoms with Crippen molar-refractivity contribution >= 4 is 11.8 Å². The van der Waals surface area contributed by atoms with Gasteiger partial charge in [-0.15, -0.1) is 0 Å². The molecular weight excluding hydrogens is 297 g/mol. The minimum atomic E-state index is -4.27. The molecule has 1 N–H and O–H groups in total. The van der Waals surface area contributed by atoms with E-state index in [9.17, 15) is 18.3 Å². The topological polar surface area (TPSA) is 20.2 Å². The number of hydrogen-bond acceptors (Lipinski definition) is 2. The Balaban J connectivity index is 2.59. The molecule has 1 aromatic carbocycles. The number of unbranched alkanes of at least 4 members (excludes halogenated alkanes) is 1. The molecule has 0 spiro atoms. The molecule has 0 radical (unpaired) electrons. The summed E-state index contributed by atoms with van der Waals surface area (Å²) in [6, 6.07) is 6.02. The van der Waals surface area contributed by atoms with E-state index in [4.69, 9.17) is 0 Å². The summed E-state index contributed by atoms with van der Waals surface area (Å²) in [5.41, 5.74) is -3.58. The van der Waals surface area contributed by atoms with Gasteiger partial charge in [-0.25, -0.2) is 0 Å². The molecule has 0 aliphatic carbocycles. The summed E-state index contributed by atoms with van der Waals surface area (Å²) < 4.78 is 36.8. The smallest absolute Gasteiger partial charge is 0.388 e. The first-order valence-corrected chi connectivity index (χ1v) is 8.21. The van der Waals surface area contributed by atoms with E-state index < -0.39 is 11.6 Å². The molecule has 0 saturated carbocycles. The van der Waals surface area contributed by atoms with Crippen LogP contribution in [-0.4, -0.2) is 10.6 Å². The molecule has 2 unspecified atom stereocenters. The Morgan fingerprint density at radius 2 is 1.76 bits per heavy atom. The Hall–Kier alpha value is -0.680. The second-order valence-electron chi connectivity index (χ2n) is 5.28. The second-order valence-corrected chi connectivity index (χ2v) is 6.42. The third-order valence-corrected chi connectivity index (χ3v) is 4.34. The molecule has 1 rings (SSSR count). The summed E-state index contributed by atoms with van der Waals surface area (Å²) in [6.07, 6.45) is 4.45. The van der Waals surface area contributed by atoms with Gasteiger partial charge in [-0.1, -0.05) is 51.7 Å². The van der Waals surface area contributed by atoms with Crippen molar-refractivity contribution in [3.8, 4) is 0 Å². The number of aliphatic hydroxyl groups is 1. The molecule has 0 heterocycles. The van der Waals surface area contributed by atoms with Crippen LogP contribution in [-0.2, 0) is 0 Å². The van der Waals surface area contributed by atoms with E-state index >= 15 is 0 Å². The molecule has 0 saturated heterocycles. The van der Waals surface area contributed by atoms with E-state index in [1.54, 1.807) is 12.1 Å². The van der Waals surface area contributed by atoms with E-state index in [0.29, 0.717) is 17.9 Å². The number of aliphatic hydroxyl groups excluding tert-OH is 1. The largest absolute Gasteiger partial charge is 0.446 e. The van der Waals surface area contributed by atoms with E-state index in [0.717, 1.165) is 25.7 Å². The van der Waals surface area contributed by atoms with Crippen molar-refractivity contribution in [2.75, 3.05) is 0 Å². The summed E-state index contributed by atoms with van der Waals surface area (Å²) >= 11 is -0.131. The zero-order valence-electron chi connectivity index (χ0n) is 12.5. The van der Waals surface area contributed by atoms with Crippen LogP contribution in [0, 0.1) is 5.92 Å². The maximum atomic E-state index is 12.3. The molecule has 1 nitrogen and oxygen atoms in total. The quantitative estimate of drug-likeness (QED) is 0.598. The van der Waals surface area contributed by atoms with Crippen molar-refractivity contribution in [1.29, 1.82) is 0 Å². The van der Waals surface area contributed by atoms with Gasteiger partial charge in [0.2, 0.25) is 0 Å². The van der Waals surface area contributed by atoms with Gasteiger partial charge in [-0.3, -0.25) is 0 Å². The first-order chi connectivity index (χ1) is 9.85. The molecule has 120 valence electrons. The van der Waals surface area contributed by atoms with E-state index in [-0.39, 0.29) is 16.7 Å². The number of rotatable bonds is 8. The van der Waals surface area contributed by atoms with E-state index in [2.05, 4.69) is 13.8 Å². The highest BCUT2D eigenvalue weighted by molar-refractivity contribution is 8.00. The highest BCUT2D eigenvalue weighted by Gasteiger charge is 2.29. The fraction of sp³-hybridized carbons (Fsp3) is 0.625. The Morgan fingerprint density at radius 3 is 2.24 bits per heavy atom. The summed E-state index contributed by atoms with van der Waals surface area (Å²) in [5.74, 6) is 0.462. The third kappa shape index (κ3) is 7.23. The van der Waals surface area contributed by atoms with Crippen molar-refractivity contribution in [2.24, 2.45) is 5.92 Å².